The van der Waals surface area contributed by atoms with E-state index in [0.717, 1.165) is 41.8 Å². The van der Waals surface area contributed by atoms with Gasteiger partial charge in [0.25, 0.3) is 0 Å². The number of piperidine rings is 1. The number of piperazine rings is 1. The molecule has 11 heteroatoms. The molecule has 1 aromatic rings. The van der Waals surface area contributed by atoms with E-state index in [1.54, 1.807) is 19.0 Å². The molecular formula is C24H32N6O4S. The van der Waals surface area contributed by atoms with Gasteiger partial charge in [-0.1, -0.05) is 12.1 Å². The Kier molecular flexibility index (Phi) is 6.78. The molecule has 35 heavy (non-hydrogen) atoms. The Hall–Kier alpha value is -2.20. The van der Waals surface area contributed by atoms with Crippen molar-refractivity contribution in [2.45, 2.75) is 67.3 Å². The summed E-state index contributed by atoms with van der Waals surface area (Å²) in [5.74, 6) is 0.398. The lowest BCUT2D eigenvalue weighted by molar-refractivity contribution is -0.340. The first-order valence-corrected chi connectivity index (χ1v) is 12.8. The second kappa shape index (κ2) is 9.69. The lowest BCUT2D eigenvalue weighted by Crippen LogP contribution is -2.57. The molecule has 1 unspecified atom stereocenters. The van der Waals surface area contributed by atoms with Gasteiger partial charge in [0.05, 0.1) is 36.2 Å². The van der Waals surface area contributed by atoms with Crippen molar-refractivity contribution in [2.24, 2.45) is 11.7 Å². The monoisotopic (exact) mass is 500 g/mol. The highest BCUT2D eigenvalue weighted by Crippen LogP contribution is 2.48. The highest BCUT2D eigenvalue weighted by molar-refractivity contribution is 7.94. The van der Waals surface area contributed by atoms with E-state index in [9.17, 15) is 14.9 Å². The summed E-state index contributed by atoms with van der Waals surface area (Å²) in [5.41, 5.74) is 7.37. The number of hydrogen-bond donors (Lipinski definition) is 1. The summed E-state index contributed by atoms with van der Waals surface area (Å²) in [6, 6.07) is 9.06. The highest BCUT2D eigenvalue weighted by atomic mass is 32.2. The van der Waals surface area contributed by atoms with Crippen LogP contribution in [0.1, 0.15) is 37.8 Å². The van der Waals surface area contributed by atoms with Crippen molar-refractivity contribution in [1.29, 1.82) is 5.26 Å². The topological polar surface area (TPSA) is 115 Å². The third kappa shape index (κ3) is 4.67. The summed E-state index contributed by atoms with van der Waals surface area (Å²) < 4.78 is 5.07. The Labute approximate surface area is 210 Å². The normalized spacial score (nSPS) is 31.1. The third-order valence-electron chi connectivity index (χ3n) is 7.66. The lowest BCUT2D eigenvalue weighted by Gasteiger charge is -2.38. The smallest absolute Gasteiger partial charge is 0.242 e. The van der Waals surface area contributed by atoms with Gasteiger partial charge in [-0.05, 0) is 49.8 Å². The van der Waals surface area contributed by atoms with Crippen molar-refractivity contribution in [3.8, 4) is 6.07 Å². The summed E-state index contributed by atoms with van der Waals surface area (Å²) in [6.07, 6.45) is 2.49. The van der Waals surface area contributed by atoms with Gasteiger partial charge < -0.3 is 15.5 Å². The Morgan fingerprint density at radius 1 is 1.29 bits per heavy atom. The first-order valence-electron chi connectivity index (χ1n) is 12.1. The fourth-order valence-electron chi connectivity index (χ4n) is 5.89. The van der Waals surface area contributed by atoms with Crippen LogP contribution in [0.5, 0.6) is 0 Å². The van der Waals surface area contributed by atoms with E-state index in [0.29, 0.717) is 19.0 Å². The van der Waals surface area contributed by atoms with Crippen LogP contribution in [0, 0.1) is 17.2 Å². The van der Waals surface area contributed by atoms with Gasteiger partial charge in [-0.15, -0.1) is 9.32 Å². The summed E-state index contributed by atoms with van der Waals surface area (Å²) in [6.45, 7) is 3.10. The molecule has 3 aliphatic heterocycles. The molecule has 188 valence electrons. The lowest BCUT2D eigenvalue weighted by atomic mass is 10.1. The molecule has 4 fully saturated rings. The number of nitriles is 1. The minimum atomic E-state index is -0.716. The van der Waals surface area contributed by atoms with Crippen LogP contribution in [0.25, 0.3) is 0 Å². The highest BCUT2D eigenvalue weighted by Gasteiger charge is 2.56. The quantitative estimate of drug-likeness (QED) is 0.304. The van der Waals surface area contributed by atoms with Gasteiger partial charge in [-0.3, -0.25) is 14.5 Å². The summed E-state index contributed by atoms with van der Waals surface area (Å²) in [7, 11) is 3.47. The molecule has 1 saturated carbocycles. The van der Waals surface area contributed by atoms with Crippen molar-refractivity contribution in [2.75, 3.05) is 27.2 Å². The van der Waals surface area contributed by atoms with E-state index in [4.69, 9.17) is 15.1 Å². The van der Waals surface area contributed by atoms with Gasteiger partial charge in [0.1, 0.15) is 6.04 Å². The Bertz CT molecular complexity index is 1020. The molecule has 1 aliphatic carbocycles. The van der Waals surface area contributed by atoms with Crippen LogP contribution < -0.4 is 5.73 Å². The maximum atomic E-state index is 13.3. The van der Waals surface area contributed by atoms with Crippen molar-refractivity contribution in [1.82, 2.24) is 19.8 Å². The minimum absolute atomic E-state index is 0.0549. The molecule has 3 heterocycles. The fourth-order valence-corrected chi connectivity index (χ4v) is 6.37. The maximum absolute atomic E-state index is 13.3. The number of carbonyl (C=O) groups excluding carboxylic acids is 2. The molecule has 2 bridgehead atoms. The van der Waals surface area contributed by atoms with E-state index in [-0.39, 0.29) is 42.0 Å². The molecule has 3 saturated heterocycles. The number of carbonyl (C=O) groups is 2. The minimum Gasteiger partial charge on any atom is -0.330 e. The van der Waals surface area contributed by atoms with Gasteiger partial charge in [-0.2, -0.15) is 10.3 Å². The van der Waals surface area contributed by atoms with Crippen LogP contribution >= 0.6 is 12.0 Å². The van der Waals surface area contributed by atoms with Gasteiger partial charge >= 0.3 is 0 Å². The predicted molar refractivity (Wildman–Crippen MR) is 128 cm³/mol. The van der Waals surface area contributed by atoms with E-state index in [2.05, 4.69) is 11.0 Å². The number of hydrogen-bond acceptors (Lipinski definition) is 9. The molecule has 2 N–H and O–H groups in total. The standard InChI is InChI=1S/C24H32N6O4S/c1-14(15-4-6-19(7-5-15)35-34-33-27(2)3)29-18-10-22(24(29)32)28(12-18)13-20(26)23(31)30-17(11-25)8-16-9-21(16)30/h4-7,14,16-18,20-22H,8-10,12-13,26H2,1-3H3/t14-,16+,17-,18+,20-,21?,22+/m0/s1. The molecule has 10 nitrogen and oxygen atoms in total. The van der Waals surface area contributed by atoms with E-state index in [1.165, 1.54) is 5.06 Å². The Balaban J connectivity index is 1.16. The zero-order valence-electron chi connectivity index (χ0n) is 20.2. The SMILES string of the molecule is C[C@@H](c1ccc(SOON(C)C)cc1)N1C(=O)[C@H]2C[C@@H]1CN2C[C@H](N)C(=O)N1C2C[C@H]2C[C@H]1C#N. The van der Waals surface area contributed by atoms with Crippen LogP contribution in [-0.4, -0.2) is 89.0 Å². The second-order valence-corrected chi connectivity index (χ2v) is 11.0. The maximum Gasteiger partial charge on any atom is 0.242 e. The Morgan fingerprint density at radius 2 is 2.03 bits per heavy atom. The third-order valence-corrected chi connectivity index (χ3v) is 8.25. The summed E-state index contributed by atoms with van der Waals surface area (Å²) >= 11 is 1.12. The molecule has 0 spiro atoms. The predicted octanol–water partition coefficient (Wildman–Crippen LogP) is 1.30. The number of nitrogens with zero attached hydrogens (tertiary/aromatic N) is 5. The molecule has 7 atom stereocenters. The van der Waals surface area contributed by atoms with Gasteiger partial charge in [-0.25, -0.2) is 0 Å². The second-order valence-electron chi connectivity index (χ2n) is 10.2. The molecule has 0 radical (unpaired) electrons. The molecule has 2 amide bonds. The van der Waals surface area contributed by atoms with Crippen LogP contribution in [0.2, 0.25) is 0 Å². The van der Waals surface area contributed by atoms with Crippen LogP contribution in [-0.2, 0) is 18.9 Å². The summed E-state index contributed by atoms with van der Waals surface area (Å²) in [5, 5.41) is 10.9. The van der Waals surface area contributed by atoms with E-state index < -0.39 is 6.04 Å². The average Bonchev–Trinajstić information content (AvgIpc) is 3.16. The van der Waals surface area contributed by atoms with Crippen molar-refractivity contribution in [3.05, 3.63) is 29.8 Å². The molecule has 1 aromatic carbocycles. The molecular weight excluding hydrogens is 468 g/mol. The average molecular weight is 501 g/mol. The van der Waals surface area contributed by atoms with Gasteiger partial charge in [0.15, 0.2) is 0 Å². The molecule has 0 aromatic heterocycles. The Morgan fingerprint density at radius 3 is 2.69 bits per heavy atom. The number of amides is 2. The van der Waals surface area contributed by atoms with E-state index in [1.807, 2.05) is 36.1 Å². The number of nitrogens with two attached hydrogens (primary N) is 1. The zero-order valence-corrected chi connectivity index (χ0v) is 21.1. The van der Waals surface area contributed by atoms with Gasteiger partial charge in [0, 0.05) is 44.2 Å². The zero-order chi connectivity index (χ0) is 24.9. The van der Waals surface area contributed by atoms with Crippen molar-refractivity contribution >= 4 is 23.9 Å². The van der Waals surface area contributed by atoms with Crippen molar-refractivity contribution < 1.29 is 18.9 Å². The van der Waals surface area contributed by atoms with Gasteiger partial charge in [0.2, 0.25) is 11.8 Å². The first-order chi connectivity index (χ1) is 16.8. The number of hydroxylamine groups is 2. The number of likely N-dealkylation sites (tertiary alicyclic amines) is 3. The van der Waals surface area contributed by atoms with Crippen LogP contribution in [0.15, 0.2) is 29.2 Å². The molecule has 4 aliphatic rings. The number of fused-ring (bicyclic) bond motifs is 3. The van der Waals surface area contributed by atoms with E-state index >= 15 is 0 Å². The largest absolute Gasteiger partial charge is 0.330 e. The van der Waals surface area contributed by atoms with Crippen LogP contribution in [0.3, 0.4) is 0 Å². The molecule has 5 rings (SSSR count). The number of rotatable bonds is 9. The first kappa shape index (κ1) is 24.5. The van der Waals surface area contributed by atoms with Crippen LogP contribution in [0.4, 0.5) is 0 Å². The fraction of sp³-hybridized carbons (Fsp3) is 0.625. The van der Waals surface area contributed by atoms with Crippen molar-refractivity contribution in [3.63, 3.8) is 0 Å². The number of benzene rings is 1. The summed E-state index contributed by atoms with van der Waals surface area (Å²) in [4.78, 5) is 37.9.